The van der Waals surface area contributed by atoms with Crippen molar-refractivity contribution < 1.29 is 24.2 Å². The van der Waals surface area contributed by atoms with Gasteiger partial charge in [-0.15, -0.1) is 0 Å². The number of rotatable bonds is 11. The van der Waals surface area contributed by atoms with E-state index in [4.69, 9.17) is 14.3 Å². The first-order chi connectivity index (χ1) is 13.5. The molecule has 0 aromatic heterocycles. The molecule has 6 nitrogen and oxygen atoms in total. The van der Waals surface area contributed by atoms with Crippen molar-refractivity contribution in [1.29, 1.82) is 0 Å². The van der Waals surface area contributed by atoms with Gasteiger partial charge in [0.15, 0.2) is 6.10 Å². The lowest BCUT2D eigenvalue weighted by atomic mass is 10.1. The van der Waals surface area contributed by atoms with Gasteiger partial charge in [-0.2, -0.15) is 0 Å². The Kier molecular flexibility index (Phi) is 8.49. The second-order valence-electron chi connectivity index (χ2n) is 6.24. The normalized spacial score (nSPS) is 12.5. The summed E-state index contributed by atoms with van der Waals surface area (Å²) in [5, 5.41) is 13.4. The minimum Gasteiger partial charge on any atom is -0.487 e. The van der Waals surface area contributed by atoms with Crippen LogP contribution in [0.4, 0.5) is 0 Å². The Hall–Kier alpha value is -2.86. The van der Waals surface area contributed by atoms with Gasteiger partial charge in [0.2, 0.25) is 0 Å². The summed E-state index contributed by atoms with van der Waals surface area (Å²) in [4.78, 5) is 16.4. The number of aliphatic carboxylic acids is 1. The van der Waals surface area contributed by atoms with Crippen LogP contribution >= 0.6 is 0 Å². The molecule has 2 rings (SSSR count). The Labute approximate surface area is 165 Å². The highest BCUT2D eigenvalue weighted by Gasteiger charge is 2.17. The molecular weight excluding hydrogens is 358 g/mol. The van der Waals surface area contributed by atoms with E-state index in [9.17, 15) is 9.90 Å². The number of oxime groups is 1. The maximum atomic E-state index is 11.2. The zero-order valence-electron chi connectivity index (χ0n) is 16.6. The lowest BCUT2D eigenvalue weighted by molar-refractivity contribution is -0.149. The number of aryl methyl sites for hydroxylation is 1. The number of carboxylic acids is 1. The van der Waals surface area contributed by atoms with Gasteiger partial charge >= 0.3 is 5.97 Å². The summed E-state index contributed by atoms with van der Waals surface area (Å²) in [6.45, 7) is 6.78. The fourth-order valence-electron chi connectivity index (χ4n) is 2.64. The average Bonchev–Trinajstić information content (AvgIpc) is 2.68. The van der Waals surface area contributed by atoms with Crippen LogP contribution in [0, 0.1) is 6.92 Å². The van der Waals surface area contributed by atoms with Gasteiger partial charge in [-0.1, -0.05) is 41.1 Å². The molecule has 0 aliphatic carbocycles. The zero-order valence-corrected chi connectivity index (χ0v) is 16.6. The molecule has 0 fully saturated rings. The SMILES string of the molecule is CCO/N=C(\COc1ccc(CC(OCC)C(=O)O)cc1)c1cccc(C)c1. The van der Waals surface area contributed by atoms with Gasteiger partial charge in [0.1, 0.15) is 24.7 Å². The topological polar surface area (TPSA) is 77.3 Å². The summed E-state index contributed by atoms with van der Waals surface area (Å²) in [6.07, 6.45) is -0.535. The van der Waals surface area contributed by atoms with Crippen molar-refractivity contribution in [3.63, 3.8) is 0 Å². The van der Waals surface area contributed by atoms with Crippen LogP contribution in [-0.2, 0) is 20.8 Å². The van der Waals surface area contributed by atoms with Gasteiger partial charge in [0.05, 0.1) is 0 Å². The van der Waals surface area contributed by atoms with Gasteiger partial charge in [0.25, 0.3) is 0 Å². The minimum absolute atomic E-state index is 0.263. The fraction of sp³-hybridized carbons (Fsp3) is 0.364. The number of hydrogen-bond donors (Lipinski definition) is 1. The smallest absolute Gasteiger partial charge is 0.333 e. The molecule has 0 aliphatic heterocycles. The average molecular weight is 385 g/mol. The van der Waals surface area contributed by atoms with E-state index in [1.165, 1.54) is 0 Å². The van der Waals surface area contributed by atoms with E-state index in [2.05, 4.69) is 5.16 Å². The molecule has 1 atom stereocenters. The Morgan fingerprint density at radius 3 is 2.46 bits per heavy atom. The van der Waals surface area contributed by atoms with Gasteiger partial charge < -0.3 is 19.4 Å². The summed E-state index contributed by atoms with van der Waals surface area (Å²) in [6, 6.07) is 15.3. The third-order valence-electron chi connectivity index (χ3n) is 4.02. The van der Waals surface area contributed by atoms with Crippen LogP contribution in [0.3, 0.4) is 0 Å². The maximum absolute atomic E-state index is 11.2. The molecule has 1 N–H and O–H groups in total. The summed E-state index contributed by atoms with van der Waals surface area (Å²) >= 11 is 0. The van der Waals surface area contributed by atoms with Gasteiger partial charge in [-0.3, -0.25) is 0 Å². The van der Waals surface area contributed by atoms with Crippen molar-refractivity contribution >= 4 is 11.7 Å². The Morgan fingerprint density at radius 1 is 1.11 bits per heavy atom. The molecular formula is C22H27NO5. The molecule has 0 saturated heterocycles. The third kappa shape index (κ3) is 6.70. The van der Waals surface area contributed by atoms with Crippen molar-refractivity contribution in [2.75, 3.05) is 19.8 Å². The first-order valence-electron chi connectivity index (χ1n) is 9.35. The minimum atomic E-state index is -0.961. The largest absolute Gasteiger partial charge is 0.487 e. The summed E-state index contributed by atoms with van der Waals surface area (Å²) in [5.41, 5.74) is 3.66. The molecule has 0 amide bonds. The monoisotopic (exact) mass is 385 g/mol. The Balaban J connectivity index is 2.02. The predicted octanol–water partition coefficient (Wildman–Crippen LogP) is 3.85. The zero-order chi connectivity index (χ0) is 20.4. The van der Waals surface area contributed by atoms with Crippen molar-refractivity contribution in [2.45, 2.75) is 33.3 Å². The third-order valence-corrected chi connectivity index (χ3v) is 4.02. The first kappa shape index (κ1) is 21.4. The summed E-state index contributed by atoms with van der Waals surface area (Å²) in [7, 11) is 0. The number of nitrogens with zero attached hydrogens (tertiary/aromatic N) is 1. The number of hydrogen-bond acceptors (Lipinski definition) is 5. The molecule has 0 aliphatic rings. The van der Waals surface area contributed by atoms with E-state index in [1.807, 2.05) is 62.4 Å². The molecule has 1 unspecified atom stereocenters. The highest BCUT2D eigenvalue weighted by Crippen LogP contribution is 2.16. The van der Waals surface area contributed by atoms with Crippen LogP contribution in [0.15, 0.2) is 53.7 Å². The van der Waals surface area contributed by atoms with E-state index in [0.717, 1.165) is 16.7 Å². The van der Waals surface area contributed by atoms with Gasteiger partial charge in [-0.05, 0) is 44.5 Å². The summed E-state index contributed by atoms with van der Waals surface area (Å²) in [5.74, 6) is -0.291. The standard InChI is InChI=1S/C22H27NO5/c1-4-26-21(22(24)25)14-17-9-11-19(12-10-17)27-15-20(23-28-5-2)18-8-6-7-16(3)13-18/h6-13,21H,4-5,14-15H2,1-3H3,(H,24,25)/b23-20+. The molecule has 2 aromatic rings. The Bertz CT molecular complexity index is 786. The lowest BCUT2D eigenvalue weighted by Crippen LogP contribution is -2.26. The highest BCUT2D eigenvalue weighted by molar-refractivity contribution is 6.01. The van der Waals surface area contributed by atoms with E-state index >= 15 is 0 Å². The quantitative estimate of drug-likeness (QED) is 0.470. The van der Waals surface area contributed by atoms with Crippen LogP contribution in [0.25, 0.3) is 0 Å². The van der Waals surface area contributed by atoms with Crippen molar-refractivity contribution in [2.24, 2.45) is 5.16 Å². The van der Waals surface area contributed by atoms with E-state index < -0.39 is 12.1 Å². The van der Waals surface area contributed by atoms with E-state index in [0.29, 0.717) is 31.1 Å². The van der Waals surface area contributed by atoms with Crippen LogP contribution in [-0.4, -0.2) is 42.7 Å². The lowest BCUT2D eigenvalue weighted by Gasteiger charge is -2.13. The number of benzene rings is 2. The fourth-order valence-corrected chi connectivity index (χ4v) is 2.64. The van der Waals surface area contributed by atoms with Crippen molar-refractivity contribution in [3.05, 3.63) is 65.2 Å². The summed E-state index contributed by atoms with van der Waals surface area (Å²) < 4.78 is 11.1. The molecule has 0 bridgehead atoms. The highest BCUT2D eigenvalue weighted by atomic mass is 16.6. The number of carboxylic acid groups (broad SMARTS) is 1. The molecule has 2 aromatic carbocycles. The molecule has 150 valence electrons. The maximum Gasteiger partial charge on any atom is 0.333 e. The molecule has 0 saturated carbocycles. The van der Waals surface area contributed by atoms with Crippen LogP contribution < -0.4 is 4.74 Å². The van der Waals surface area contributed by atoms with Gasteiger partial charge in [0, 0.05) is 18.6 Å². The number of carbonyl (C=O) groups is 1. The van der Waals surface area contributed by atoms with Gasteiger partial charge in [-0.25, -0.2) is 4.79 Å². The van der Waals surface area contributed by atoms with Crippen molar-refractivity contribution in [1.82, 2.24) is 0 Å². The molecule has 0 radical (unpaired) electrons. The predicted molar refractivity (Wildman–Crippen MR) is 108 cm³/mol. The second-order valence-corrected chi connectivity index (χ2v) is 6.24. The van der Waals surface area contributed by atoms with Crippen LogP contribution in [0.2, 0.25) is 0 Å². The van der Waals surface area contributed by atoms with Crippen LogP contribution in [0.5, 0.6) is 5.75 Å². The molecule has 0 spiro atoms. The Morgan fingerprint density at radius 2 is 1.86 bits per heavy atom. The molecule has 6 heteroatoms. The molecule has 28 heavy (non-hydrogen) atoms. The second kappa shape index (κ2) is 11.1. The molecule has 0 heterocycles. The number of ether oxygens (including phenoxy) is 2. The van der Waals surface area contributed by atoms with Crippen LogP contribution in [0.1, 0.15) is 30.5 Å². The van der Waals surface area contributed by atoms with E-state index in [1.54, 1.807) is 6.92 Å². The first-order valence-corrected chi connectivity index (χ1v) is 9.35. The van der Waals surface area contributed by atoms with E-state index in [-0.39, 0.29) is 6.61 Å². The van der Waals surface area contributed by atoms with Crippen molar-refractivity contribution in [3.8, 4) is 5.75 Å².